The van der Waals surface area contributed by atoms with Crippen LogP contribution >= 0.6 is 0 Å². The third-order valence-electron chi connectivity index (χ3n) is 3.38. The van der Waals surface area contributed by atoms with E-state index in [0.29, 0.717) is 18.5 Å². The van der Waals surface area contributed by atoms with Crippen LogP contribution in [0.25, 0.3) is 0 Å². The number of hydrogen-bond acceptors (Lipinski definition) is 5. The molecule has 2 rings (SSSR count). The van der Waals surface area contributed by atoms with Crippen LogP contribution in [-0.4, -0.2) is 45.7 Å². The Labute approximate surface area is 98.9 Å². The first kappa shape index (κ1) is 12.1. The quantitative estimate of drug-likeness (QED) is 0.658. The predicted octanol–water partition coefficient (Wildman–Crippen LogP) is -0.518. The van der Waals surface area contributed by atoms with E-state index in [1.807, 2.05) is 0 Å². The fourth-order valence-electron chi connectivity index (χ4n) is 1.98. The number of aromatic amines is 1. The summed E-state index contributed by atoms with van der Waals surface area (Å²) in [6.07, 6.45) is 2.93. The Balaban J connectivity index is 2.01. The fraction of sp³-hybridized carbons (Fsp3) is 0.636. The van der Waals surface area contributed by atoms with Gasteiger partial charge in [-0.05, 0) is 19.3 Å². The highest BCUT2D eigenvalue weighted by Crippen LogP contribution is 2.35. The molecular weight excluding hydrogens is 222 g/mol. The highest BCUT2D eigenvalue weighted by Gasteiger charge is 2.41. The number of aromatic nitrogens is 2. The second-order valence-corrected chi connectivity index (χ2v) is 4.66. The lowest BCUT2D eigenvalue weighted by Crippen LogP contribution is -2.52. The molecule has 0 amide bonds. The molecule has 6 nitrogen and oxygen atoms in total. The zero-order valence-corrected chi connectivity index (χ0v) is 9.76. The molecule has 1 aliphatic rings. The molecule has 3 N–H and O–H groups in total. The van der Waals surface area contributed by atoms with Gasteiger partial charge in [-0.1, -0.05) is 0 Å². The van der Waals surface area contributed by atoms with Crippen molar-refractivity contribution < 1.29 is 10.2 Å². The number of H-pyrrole nitrogens is 1. The number of nitrogens with one attached hydrogen (secondary N) is 1. The van der Waals surface area contributed by atoms with Gasteiger partial charge < -0.3 is 15.1 Å². The van der Waals surface area contributed by atoms with E-state index in [2.05, 4.69) is 10.2 Å². The van der Waals surface area contributed by atoms with Gasteiger partial charge in [0.25, 0.3) is 5.56 Å². The SMILES string of the molecule is CN(CC(O)C1(O)CCC1)c1cn[nH]c(=O)c1. The first-order valence-corrected chi connectivity index (χ1v) is 5.67. The van der Waals surface area contributed by atoms with Crippen LogP contribution in [0.5, 0.6) is 0 Å². The van der Waals surface area contributed by atoms with Gasteiger partial charge in [-0.3, -0.25) is 4.79 Å². The van der Waals surface area contributed by atoms with E-state index in [4.69, 9.17) is 0 Å². The molecule has 1 aromatic rings. The molecular formula is C11H17N3O3. The minimum atomic E-state index is -0.955. The normalized spacial score (nSPS) is 19.5. The molecule has 1 saturated carbocycles. The molecule has 1 atom stereocenters. The van der Waals surface area contributed by atoms with Crippen molar-refractivity contribution in [3.63, 3.8) is 0 Å². The lowest BCUT2D eigenvalue weighted by Gasteiger charge is -2.42. The minimum Gasteiger partial charge on any atom is -0.388 e. The summed E-state index contributed by atoms with van der Waals surface area (Å²) in [4.78, 5) is 12.8. The molecule has 1 aliphatic carbocycles. The molecule has 1 unspecified atom stereocenters. The minimum absolute atomic E-state index is 0.279. The van der Waals surface area contributed by atoms with E-state index in [0.717, 1.165) is 6.42 Å². The van der Waals surface area contributed by atoms with Crippen LogP contribution in [0.3, 0.4) is 0 Å². The summed E-state index contributed by atoms with van der Waals surface area (Å²) in [6, 6.07) is 1.41. The largest absolute Gasteiger partial charge is 0.388 e. The zero-order chi connectivity index (χ0) is 12.5. The summed E-state index contributed by atoms with van der Waals surface area (Å²) < 4.78 is 0. The number of nitrogens with zero attached hydrogens (tertiary/aromatic N) is 2. The van der Waals surface area contributed by atoms with E-state index in [9.17, 15) is 15.0 Å². The molecule has 0 aliphatic heterocycles. The maximum atomic E-state index is 11.1. The van der Waals surface area contributed by atoms with E-state index in [-0.39, 0.29) is 12.1 Å². The van der Waals surface area contributed by atoms with Crippen molar-refractivity contribution in [3.8, 4) is 0 Å². The van der Waals surface area contributed by atoms with Crippen molar-refractivity contribution in [3.05, 3.63) is 22.6 Å². The summed E-state index contributed by atoms with van der Waals surface area (Å²) >= 11 is 0. The Morgan fingerprint density at radius 2 is 2.35 bits per heavy atom. The van der Waals surface area contributed by atoms with Gasteiger partial charge >= 0.3 is 0 Å². The molecule has 0 aromatic carbocycles. The molecule has 0 radical (unpaired) electrons. The van der Waals surface area contributed by atoms with Crippen LogP contribution in [0, 0.1) is 0 Å². The summed E-state index contributed by atoms with van der Waals surface area (Å²) in [7, 11) is 1.75. The van der Waals surface area contributed by atoms with E-state index in [1.54, 1.807) is 11.9 Å². The third kappa shape index (κ3) is 2.48. The van der Waals surface area contributed by atoms with Gasteiger partial charge in [-0.25, -0.2) is 5.10 Å². The average molecular weight is 239 g/mol. The summed E-state index contributed by atoms with van der Waals surface area (Å²) in [6.45, 7) is 0.279. The molecule has 94 valence electrons. The molecule has 1 aromatic heterocycles. The Morgan fingerprint density at radius 3 is 2.88 bits per heavy atom. The Morgan fingerprint density at radius 1 is 1.65 bits per heavy atom. The summed E-state index contributed by atoms with van der Waals surface area (Å²) in [5, 5.41) is 25.9. The van der Waals surface area contributed by atoms with Crippen LogP contribution in [-0.2, 0) is 0 Å². The van der Waals surface area contributed by atoms with Crippen molar-refractivity contribution in [1.82, 2.24) is 10.2 Å². The molecule has 1 heterocycles. The maximum absolute atomic E-state index is 11.1. The average Bonchev–Trinajstić information content (AvgIpc) is 2.25. The highest BCUT2D eigenvalue weighted by molar-refractivity contribution is 5.41. The van der Waals surface area contributed by atoms with Crippen LogP contribution < -0.4 is 10.5 Å². The molecule has 17 heavy (non-hydrogen) atoms. The number of aliphatic hydroxyl groups excluding tert-OH is 1. The lowest BCUT2D eigenvalue weighted by atomic mass is 9.76. The fourth-order valence-corrected chi connectivity index (χ4v) is 1.98. The van der Waals surface area contributed by atoms with Crippen LogP contribution in [0.4, 0.5) is 5.69 Å². The number of likely N-dealkylation sites (N-methyl/N-ethyl adjacent to an activating group) is 1. The second-order valence-electron chi connectivity index (χ2n) is 4.66. The topological polar surface area (TPSA) is 89.4 Å². The zero-order valence-electron chi connectivity index (χ0n) is 9.76. The van der Waals surface area contributed by atoms with E-state index in [1.165, 1.54) is 12.3 Å². The van der Waals surface area contributed by atoms with Crippen LogP contribution in [0.2, 0.25) is 0 Å². The number of hydrogen-bond donors (Lipinski definition) is 3. The van der Waals surface area contributed by atoms with Gasteiger partial charge in [0, 0.05) is 19.7 Å². The summed E-state index contributed by atoms with van der Waals surface area (Å²) in [5.74, 6) is 0. The lowest BCUT2D eigenvalue weighted by molar-refractivity contribution is -0.121. The van der Waals surface area contributed by atoms with Crippen molar-refractivity contribution in [2.24, 2.45) is 0 Å². The van der Waals surface area contributed by atoms with Gasteiger partial charge in [-0.2, -0.15) is 5.10 Å². The molecule has 0 bridgehead atoms. The summed E-state index contributed by atoms with van der Waals surface area (Å²) in [5.41, 5.74) is -0.620. The third-order valence-corrected chi connectivity index (χ3v) is 3.38. The molecule has 6 heteroatoms. The number of rotatable bonds is 4. The van der Waals surface area contributed by atoms with Crippen molar-refractivity contribution in [2.45, 2.75) is 31.0 Å². The predicted molar refractivity (Wildman–Crippen MR) is 62.9 cm³/mol. The highest BCUT2D eigenvalue weighted by atomic mass is 16.3. The first-order valence-electron chi connectivity index (χ1n) is 5.67. The van der Waals surface area contributed by atoms with Crippen molar-refractivity contribution >= 4 is 5.69 Å². The molecule has 0 saturated heterocycles. The Bertz CT molecular complexity index is 442. The molecule has 0 spiro atoms. The van der Waals surface area contributed by atoms with Crippen LogP contribution in [0.1, 0.15) is 19.3 Å². The number of aliphatic hydroxyl groups is 2. The number of anilines is 1. The Kier molecular flexibility index (Phi) is 3.17. The van der Waals surface area contributed by atoms with Gasteiger partial charge in [0.2, 0.25) is 0 Å². The van der Waals surface area contributed by atoms with Crippen molar-refractivity contribution in [1.29, 1.82) is 0 Å². The van der Waals surface area contributed by atoms with Gasteiger partial charge in [-0.15, -0.1) is 0 Å². The van der Waals surface area contributed by atoms with Gasteiger partial charge in [0.05, 0.1) is 17.5 Å². The Hall–Kier alpha value is -1.40. The van der Waals surface area contributed by atoms with E-state index >= 15 is 0 Å². The maximum Gasteiger partial charge on any atom is 0.266 e. The first-order chi connectivity index (χ1) is 8.01. The van der Waals surface area contributed by atoms with Crippen LogP contribution in [0.15, 0.2) is 17.1 Å². The van der Waals surface area contributed by atoms with Gasteiger partial charge in [0.1, 0.15) is 6.10 Å². The van der Waals surface area contributed by atoms with Gasteiger partial charge in [0.15, 0.2) is 0 Å². The smallest absolute Gasteiger partial charge is 0.266 e. The molecule has 1 fully saturated rings. The standard InChI is InChI=1S/C11H17N3O3/c1-14(8-5-10(16)13-12-6-8)7-9(15)11(17)3-2-4-11/h5-6,9,15,17H,2-4,7H2,1H3,(H,13,16). The van der Waals surface area contributed by atoms with E-state index < -0.39 is 11.7 Å². The second kappa shape index (κ2) is 4.46. The monoisotopic (exact) mass is 239 g/mol. The van der Waals surface area contributed by atoms with Crippen molar-refractivity contribution in [2.75, 3.05) is 18.5 Å².